The molecular weight excluding hydrogens is 705 g/mol. The van der Waals surface area contributed by atoms with Crippen molar-refractivity contribution in [3.8, 4) is 5.75 Å². The molecule has 1 aromatic heterocycles. The second kappa shape index (κ2) is 15.1. The Labute approximate surface area is 271 Å². The molecule has 15 heteroatoms. The molecule has 1 saturated heterocycles. The number of carbonyl (C=O) groups is 5. The van der Waals surface area contributed by atoms with Gasteiger partial charge >= 0.3 is 23.9 Å². The van der Waals surface area contributed by atoms with Crippen molar-refractivity contribution in [3.63, 3.8) is 0 Å². The number of hydrogen-bond donors (Lipinski definition) is 0. The van der Waals surface area contributed by atoms with Gasteiger partial charge < -0.3 is 28.4 Å². The highest BCUT2D eigenvalue weighted by molar-refractivity contribution is 14.1. The number of esters is 4. The van der Waals surface area contributed by atoms with E-state index in [-0.39, 0.29) is 12.4 Å². The molecule has 0 bridgehead atoms. The van der Waals surface area contributed by atoms with Crippen LogP contribution < -0.4 is 4.74 Å². The predicted molar refractivity (Wildman–Crippen MR) is 161 cm³/mol. The fourth-order valence-corrected chi connectivity index (χ4v) is 5.29. The lowest BCUT2D eigenvalue weighted by Crippen LogP contribution is -2.60. The fraction of sp³-hybridized carbons (Fsp3) is 0.367. The van der Waals surface area contributed by atoms with Gasteiger partial charge in [-0.3, -0.25) is 24.0 Å². The van der Waals surface area contributed by atoms with Crippen LogP contribution in [-0.2, 0) is 49.5 Å². The van der Waals surface area contributed by atoms with Gasteiger partial charge in [-0.1, -0.05) is 35.5 Å². The first-order chi connectivity index (χ1) is 21.4. The van der Waals surface area contributed by atoms with Crippen LogP contribution in [0.5, 0.6) is 5.75 Å². The molecule has 0 aliphatic carbocycles. The zero-order chi connectivity index (χ0) is 32.7. The SMILES string of the molecule is CC(=O)OC[C@H]1OC(OC(C)=O)[C@H](n2nnc(COc3ccc(C(=O)c4ccccc4)cc3)c2I)[C@@H](OC(C)=O)[C@@H]1OC(C)=O. The normalized spacial score (nSPS) is 20.9. The average Bonchev–Trinajstić information content (AvgIpc) is 3.35. The first-order valence-electron chi connectivity index (χ1n) is 13.7. The molecule has 0 N–H and O–H groups in total. The summed E-state index contributed by atoms with van der Waals surface area (Å²) in [7, 11) is 0. The van der Waals surface area contributed by atoms with E-state index >= 15 is 0 Å². The Kier molecular flexibility index (Phi) is 11.2. The van der Waals surface area contributed by atoms with E-state index in [1.807, 2.05) is 28.7 Å². The molecule has 2 aromatic carbocycles. The molecule has 1 unspecified atom stereocenters. The van der Waals surface area contributed by atoms with Crippen LogP contribution in [0.2, 0.25) is 0 Å². The molecule has 0 spiro atoms. The van der Waals surface area contributed by atoms with Crippen molar-refractivity contribution >= 4 is 52.3 Å². The number of ketones is 1. The highest BCUT2D eigenvalue weighted by Gasteiger charge is 2.53. The van der Waals surface area contributed by atoms with E-state index in [1.165, 1.54) is 11.6 Å². The van der Waals surface area contributed by atoms with Gasteiger partial charge in [-0.2, -0.15) is 0 Å². The number of ether oxygens (including phenoxy) is 6. The third-order valence-corrected chi connectivity index (χ3v) is 7.58. The molecular formula is C30H30IN3O11. The molecule has 45 heavy (non-hydrogen) atoms. The average molecular weight is 735 g/mol. The van der Waals surface area contributed by atoms with Crippen LogP contribution in [0.3, 0.4) is 0 Å². The van der Waals surface area contributed by atoms with E-state index in [9.17, 15) is 24.0 Å². The first kappa shape index (κ1) is 33.5. The van der Waals surface area contributed by atoms with Crippen molar-refractivity contribution in [2.75, 3.05) is 6.61 Å². The van der Waals surface area contributed by atoms with Crippen LogP contribution in [0, 0.1) is 3.70 Å². The van der Waals surface area contributed by atoms with E-state index in [4.69, 9.17) is 28.4 Å². The monoisotopic (exact) mass is 735 g/mol. The van der Waals surface area contributed by atoms with Gasteiger partial charge in [0.15, 0.2) is 24.0 Å². The zero-order valence-corrected chi connectivity index (χ0v) is 26.9. The number of hydrogen-bond acceptors (Lipinski definition) is 13. The Morgan fingerprint density at radius 1 is 0.800 bits per heavy atom. The summed E-state index contributed by atoms with van der Waals surface area (Å²) in [5.74, 6) is -2.48. The minimum atomic E-state index is -1.42. The van der Waals surface area contributed by atoms with E-state index in [1.54, 1.807) is 48.5 Å². The summed E-state index contributed by atoms with van der Waals surface area (Å²) in [6.07, 6.45) is -5.16. The van der Waals surface area contributed by atoms with E-state index < -0.39 is 61.1 Å². The zero-order valence-electron chi connectivity index (χ0n) is 24.7. The number of aromatic nitrogens is 3. The fourth-order valence-electron chi connectivity index (χ4n) is 4.61. The molecule has 1 aliphatic rings. The van der Waals surface area contributed by atoms with Crippen molar-refractivity contribution in [3.05, 3.63) is 75.1 Å². The van der Waals surface area contributed by atoms with Gasteiger partial charge in [0.2, 0.25) is 6.29 Å². The van der Waals surface area contributed by atoms with Crippen LogP contribution in [0.1, 0.15) is 55.4 Å². The van der Waals surface area contributed by atoms with Crippen LogP contribution in [0.25, 0.3) is 0 Å². The number of halogens is 1. The summed E-state index contributed by atoms with van der Waals surface area (Å²) < 4.78 is 35.2. The molecule has 0 saturated carbocycles. The first-order valence-corrected chi connectivity index (χ1v) is 14.7. The molecule has 4 rings (SSSR count). The molecule has 5 atom stereocenters. The summed E-state index contributed by atoms with van der Waals surface area (Å²) in [6, 6.07) is 14.3. The number of nitrogens with zero attached hydrogens (tertiary/aromatic N) is 3. The second-order valence-electron chi connectivity index (χ2n) is 9.87. The molecule has 238 valence electrons. The van der Waals surface area contributed by atoms with Gasteiger partial charge in [0.25, 0.3) is 0 Å². The minimum absolute atomic E-state index is 0.0449. The van der Waals surface area contributed by atoms with Gasteiger partial charge in [-0.15, -0.1) is 5.10 Å². The smallest absolute Gasteiger partial charge is 0.305 e. The third kappa shape index (κ3) is 8.63. The molecule has 0 radical (unpaired) electrons. The van der Waals surface area contributed by atoms with Crippen molar-refractivity contribution in [1.29, 1.82) is 0 Å². The van der Waals surface area contributed by atoms with Gasteiger partial charge in [0.05, 0.1) is 0 Å². The van der Waals surface area contributed by atoms with E-state index in [0.717, 1.165) is 20.8 Å². The number of benzene rings is 2. The van der Waals surface area contributed by atoms with E-state index in [0.29, 0.717) is 26.3 Å². The second-order valence-corrected chi connectivity index (χ2v) is 10.9. The molecule has 3 aromatic rings. The molecule has 14 nitrogen and oxygen atoms in total. The Balaban J connectivity index is 1.59. The lowest BCUT2D eigenvalue weighted by Gasteiger charge is -2.44. The van der Waals surface area contributed by atoms with Crippen molar-refractivity contribution in [2.24, 2.45) is 0 Å². The maximum atomic E-state index is 12.7. The lowest BCUT2D eigenvalue weighted by atomic mass is 9.96. The topological polar surface area (TPSA) is 171 Å². The maximum absolute atomic E-state index is 12.7. The largest absolute Gasteiger partial charge is 0.487 e. The summed E-state index contributed by atoms with van der Waals surface area (Å²) in [6.45, 7) is 4.21. The molecule has 0 amide bonds. The summed E-state index contributed by atoms with van der Waals surface area (Å²) in [5, 5.41) is 8.39. The highest BCUT2D eigenvalue weighted by Crippen LogP contribution is 2.36. The minimum Gasteiger partial charge on any atom is -0.487 e. The third-order valence-electron chi connectivity index (χ3n) is 6.46. The van der Waals surface area contributed by atoms with Gasteiger partial charge in [-0.05, 0) is 46.9 Å². The van der Waals surface area contributed by atoms with Crippen molar-refractivity contribution in [1.82, 2.24) is 15.0 Å². The standard InChI is InChI=1S/C30H30IN3O11/c1-16(35)40-15-24-27(42-17(2)36)28(43-18(3)37)25(30(45-24)44-19(4)38)34-29(31)23(32-33-34)14-41-22-12-10-21(11-13-22)26(39)20-8-6-5-7-9-20/h5-13,24-25,27-28,30H,14-15H2,1-4H3/t24-,25-,27-,28-,30?/m1/s1. The van der Waals surface area contributed by atoms with Crippen LogP contribution >= 0.6 is 22.6 Å². The van der Waals surface area contributed by atoms with Gasteiger partial charge in [0, 0.05) is 38.8 Å². The summed E-state index contributed by atoms with van der Waals surface area (Å²) >= 11 is 1.95. The summed E-state index contributed by atoms with van der Waals surface area (Å²) in [4.78, 5) is 60.6. The van der Waals surface area contributed by atoms with E-state index in [2.05, 4.69) is 10.3 Å². The highest BCUT2D eigenvalue weighted by atomic mass is 127. The number of rotatable bonds is 11. The Bertz CT molecular complexity index is 1540. The van der Waals surface area contributed by atoms with Gasteiger partial charge in [0.1, 0.15) is 34.5 Å². The number of carbonyl (C=O) groups excluding carboxylic acids is 5. The maximum Gasteiger partial charge on any atom is 0.305 e. The molecule has 1 aliphatic heterocycles. The lowest BCUT2D eigenvalue weighted by molar-refractivity contribution is -0.280. The van der Waals surface area contributed by atoms with Crippen molar-refractivity contribution in [2.45, 2.75) is 64.9 Å². The van der Waals surface area contributed by atoms with Crippen molar-refractivity contribution < 1.29 is 52.4 Å². The Morgan fingerprint density at radius 3 is 2.00 bits per heavy atom. The predicted octanol–water partition coefficient (Wildman–Crippen LogP) is 2.95. The Morgan fingerprint density at radius 2 is 1.40 bits per heavy atom. The van der Waals surface area contributed by atoms with Crippen LogP contribution in [0.15, 0.2) is 54.6 Å². The van der Waals surface area contributed by atoms with Crippen LogP contribution in [0.4, 0.5) is 0 Å². The van der Waals surface area contributed by atoms with Crippen LogP contribution in [-0.4, -0.2) is 75.9 Å². The molecule has 2 heterocycles. The van der Waals surface area contributed by atoms with Gasteiger partial charge in [-0.25, -0.2) is 4.68 Å². The summed E-state index contributed by atoms with van der Waals surface area (Å²) in [5.41, 5.74) is 1.43. The quantitative estimate of drug-likeness (QED) is 0.122. The Hall–Kier alpha value is -4.38. The molecule has 1 fully saturated rings.